The maximum absolute atomic E-state index is 13.9. The number of nitrogens with zero attached hydrogens (tertiary/aromatic N) is 2. The highest BCUT2D eigenvalue weighted by Gasteiger charge is 2.30. The summed E-state index contributed by atoms with van der Waals surface area (Å²) in [5.74, 6) is -4.56. The predicted octanol–water partition coefficient (Wildman–Crippen LogP) is 2.57. The molecule has 0 bridgehead atoms. The van der Waals surface area contributed by atoms with Crippen LogP contribution in [0.5, 0.6) is 0 Å². The SMILES string of the molecule is O=C(O)C1=C[N]c2cnc3c(F)c(Cl)c(F)cc3c2C1=O. The van der Waals surface area contributed by atoms with Crippen LogP contribution in [0.3, 0.4) is 0 Å². The lowest BCUT2D eigenvalue weighted by Crippen LogP contribution is -2.20. The number of carboxylic acid groups (broad SMARTS) is 1. The molecule has 0 spiro atoms. The molecule has 0 aliphatic carbocycles. The second kappa shape index (κ2) is 4.49. The molecule has 1 N–H and O–H groups in total. The lowest BCUT2D eigenvalue weighted by atomic mass is 9.96. The first-order valence-corrected chi connectivity index (χ1v) is 5.95. The molecule has 2 aromatic rings. The number of Topliss-reactive ketones (excluding diaryl/α,β-unsaturated/α-hetero) is 1. The summed E-state index contributed by atoms with van der Waals surface area (Å²) in [6.07, 6.45) is 1.98. The highest BCUT2D eigenvalue weighted by atomic mass is 35.5. The number of pyridine rings is 1. The van der Waals surface area contributed by atoms with Gasteiger partial charge in [-0.3, -0.25) is 15.1 Å². The van der Waals surface area contributed by atoms with E-state index in [4.69, 9.17) is 16.7 Å². The second-order valence-corrected chi connectivity index (χ2v) is 4.59. The van der Waals surface area contributed by atoms with Crippen LogP contribution in [0.15, 0.2) is 24.0 Å². The van der Waals surface area contributed by atoms with Crippen molar-refractivity contribution in [3.8, 4) is 0 Å². The lowest BCUT2D eigenvalue weighted by molar-refractivity contribution is -0.132. The summed E-state index contributed by atoms with van der Waals surface area (Å²) in [5, 5.41) is 11.8. The number of carbonyl (C=O) groups excluding carboxylic acids is 1. The van der Waals surface area contributed by atoms with Gasteiger partial charge < -0.3 is 5.11 Å². The van der Waals surface area contributed by atoms with Gasteiger partial charge in [0, 0.05) is 11.6 Å². The number of hydrogen-bond acceptors (Lipinski definition) is 3. The molecular formula is C13H4ClF2N2O3. The first kappa shape index (κ1) is 13.4. The van der Waals surface area contributed by atoms with E-state index in [1.807, 2.05) is 0 Å². The zero-order valence-corrected chi connectivity index (χ0v) is 10.8. The van der Waals surface area contributed by atoms with Gasteiger partial charge in [0.25, 0.3) is 0 Å². The zero-order valence-electron chi connectivity index (χ0n) is 10.0. The maximum atomic E-state index is 13.9. The minimum absolute atomic E-state index is 0.0404. The number of aliphatic carboxylic acids is 1. The monoisotopic (exact) mass is 309 g/mol. The number of rotatable bonds is 1. The van der Waals surface area contributed by atoms with Crippen molar-refractivity contribution >= 4 is 39.9 Å². The molecule has 0 unspecified atom stereocenters. The third-order valence-corrected chi connectivity index (χ3v) is 3.36. The minimum Gasteiger partial charge on any atom is -0.477 e. The van der Waals surface area contributed by atoms with Crippen LogP contribution in [0.25, 0.3) is 10.9 Å². The van der Waals surface area contributed by atoms with Gasteiger partial charge in [-0.1, -0.05) is 11.6 Å². The van der Waals surface area contributed by atoms with Gasteiger partial charge in [-0.15, -0.1) is 0 Å². The molecular weight excluding hydrogens is 306 g/mol. The molecule has 105 valence electrons. The van der Waals surface area contributed by atoms with Gasteiger partial charge in [-0.2, -0.15) is 0 Å². The molecule has 0 saturated carbocycles. The minimum atomic E-state index is -1.48. The molecule has 1 radical (unpaired) electrons. The predicted molar refractivity (Wildman–Crippen MR) is 68.5 cm³/mol. The third kappa shape index (κ3) is 1.85. The van der Waals surface area contributed by atoms with E-state index in [9.17, 15) is 18.4 Å². The van der Waals surface area contributed by atoms with Crippen molar-refractivity contribution in [2.45, 2.75) is 0 Å². The fourth-order valence-corrected chi connectivity index (χ4v) is 2.19. The molecule has 2 heterocycles. The van der Waals surface area contributed by atoms with E-state index in [0.717, 1.165) is 18.5 Å². The van der Waals surface area contributed by atoms with Gasteiger partial charge in [-0.05, 0) is 6.07 Å². The fraction of sp³-hybridized carbons (Fsp3) is 0. The first-order chi connectivity index (χ1) is 9.91. The Kier molecular flexibility index (Phi) is 2.87. The Bertz CT molecular complexity index is 864. The van der Waals surface area contributed by atoms with E-state index in [0.29, 0.717) is 0 Å². The van der Waals surface area contributed by atoms with Gasteiger partial charge >= 0.3 is 5.97 Å². The molecule has 1 aliphatic heterocycles. The van der Waals surface area contributed by atoms with Crippen molar-refractivity contribution in [2.75, 3.05) is 0 Å². The van der Waals surface area contributed by atoms with Gasteiger partial charge in [0.1, 0.15) is 21.9 Å². The standard InChI is InChI=1S/C13H4ClF2N2O3/c14-9-6(15)1-4-8-7(3-18-11(4)10(9)16)17-2-5(12(8)19)13(20)21/h1-3H,(H,20,21). The number of benzene rings is 1. The molecule has 5 nitrogen and oxygen atoms in total. The van der Waals surface area contributed by atoms with Crippen LogP contribution >= 0.6 is 11.6 Å². The van der Waals surface area contributed by atoms with Crippen LogP contribution in [-0.2, 0) is 4.79 Å². The maximum Gasteiger partial charge on any atom is 0.341 e. The van der Waals surface area contributed by atoms with Crippen molar-refractivity contribution in [2.24, 2.45) is 0 Å². The summed E-state index contributed by atoms with van der Waals surface area (Å²) in [5.41, 5.74) is -1.09. The van der Waals surface area contributed by atoms with Crippen LogP contribution in [-0.4, -0.2) is 21.8 Å². The van der Waals surface area contributed by atoms with E-state index >= 15 is 0 Å². The smallest absolute Gasteiger partial charge is 0.341 e. The van der Waals surface area contributed by atoms with Crippen molar-refractivity contribution in [3.05, 3.63) is 46.3 Å². The molecule has 1 aliphatic rings. The quantitative estimate of drug-likeness (QED) is 0.648. The Morgan fingerprint density at radius 1 is 1.33 bits per heavy atom. The van der Waals surface area contributed by atoms with E-state index in [1.54, 1.807) is 0 Å². The van der Waals surface area contributed by atoms with Crippen LogP contribution in [0.1, 0.15) is 10.4 Å². The lowest BCUT2D eigenvalue weighted by Gasteiger charge is -2.15. The van der Waals surface area contributed by atoms with Crippen LogP contribution in [0, 0.1) is 11.6 Å². The van der Waals surface area contributed by atoms with Crippen molar-refractivity contribution < 1.29 is 23.5 Å². The van der Waals surface area contributed by atoms with Gasteiger partial charge in [0.2, 0.25) is 5.78 Å². The molecule has 0 amide bonds. The number of fused-ring (bicyclic) bond motifs is 3. The molecule has 0 fully saturated rings. The highest BCUT2D eigenvalue weighted by molar-refractivity contribution is 6.33. The Labute approximate surface area is 120 Å². The van der Waals surface area contributed by atoms with Gasteiger partial charge in [0.05, 0.1) is 17.4 Å². The number of hydrogen-bond donors (Lipinski definition) is 1. The molecule has 3 rings (SSSR count). The van der Waals surface area contributed by atoms with Crippen LogP contribution in [0.2, 0.25) is 5.02 Å². The molecule has 21 heavy (non-hydrogen) atoms. The summed E-state index contributed by atoms with van der Waals surface area (Å²) in [6, 6.07) is 0.838. The zero-order chi connectivity index (χ0) is 15.3. The summed E-state index contributed by atoms with van der Waals surface area (Å²) >= 11 is 5.45. The number of aromatic nitrogens is 1. The van der Waals surface area contributed by atoms with Crippen molar-refractivity contribution in [3.63, 3.8) is 0 Å². The average molecular weight is 310 g/mol. The Balaban J connectivity index is 2.38. The van der Waals surface area contributed by atoms with Gasteiger partial charge in [0.15, 0.2) is 5.82 Å². The van der Waals surface area contributed by atoms with Crippen molar-refractivity contribution in [1.29, 1.82) is 0 Å². The van der Waals surface area contributed by atoms with Crippen LogP contribution in [0.4, 0.5) is 14.5 Å². The number of carboxylic acids is 1. The van der Waals surface area contributed by atoms with E-state index in [2.05, 4.69) is 10.3 Å². The highest BCUT2D eigenvalue weighted by Crippen LogP contribution is 2.34. The molecule has 1 aromatic heterocycles. The largest absolute Gasteiger partial charge is 0.477 e. The Morgan fingerprint density at radius 3 is 2.71 bits per heavy atom. The Hall–Kier alpha value is -2.54. The molecule has 8 heteroatoms. The molecule has 0 saturated heterocycles. The number of carbonyl (C=O) groups is 2. The summed E-state index contributed by atoms with van der Waals surface area (Å²) in [7, 11) is 0. The Morgan fingerprint density at radius 2 is 2.05 bits per heavy atom. The fourth-order valence-electron chi connectivity index (χ4n) is 2.05. The molecule has 0 atom stereocenters. The first-order valence-electron chi connectivity index (χ1n) is 5.57. The number of halogens is 3. The summed E-state index contributed by atoms with van der Waals surface area (Å²) in [4.78, 5) is 26.9. The van der Waals surface area contributed by atoms with Crippen molar-refractivity contribution in [1.82, 2.24) is 10.3 Å². The van der Waals surface area contributed by atoms with Gasteiger partial charge in [-0.25, -0.2) is 13.6 Å². The number of ketones is 1. The molecule has 1 aromatic carbocycles. The van der Waals surface area contributed by atoms with E-state index in [-0.39, 0.29) is 22.2 Å². The van der Waals surface area contributed by atoms with Crippen LogP contribution < -0.4 is 5.32 Å². The average Bonchev–Trinajstić information content (AvgIpc) is 2.44. The third-order valence-electron chi connectivity index (χ3n) is 3.01. The topological polar surface area (TPSA) is 81.4 Å². The summed E-state index contributed by atoms with van der Waals surface area (Å²) in [6.45, 7) is 0. The van der Waals surface area contributed by atoms with E-state index < -0.39 is 34.0 Å². The summed E-state index contributed by atoms with van der Waals surface area (Å²) < 4.78 is 27.5. The normalized spacial score (nSPS) is 13.7. The second-order valence-electron chi connectivity index (χ2n) is 4.21. The van der Waals surface area contributed by atoms with E-state index in [1.165, 1.54) is 0 Å².